The van der Waals surface area contributed by atoms with E-state index in [1.54, 1.807) is 12.1 Å². The second-order valence-electron chi connectivity index (χ2n) is 4.95. The zero-order valence-corrected chi connectivity index (χ0v) is 11.7. The lowest BCUT2D eigenvalue weighted by molar-refractivity contribution is 0.426. The maximum Gasteiger partial charge on any atom is 0.488 e. The van der Waals surface area contributed by atoms with Gasteiger partial charge in [-0.3, -0.25) is 0 Å². The van der Waals surface area contributed by atoms with Crippen LogP contribution in [0, 0.1) is 0 Å². The van der Waals surface area contributed by atoms with Crippen LogP contribution in [0.15, 0.2) is 40.8 Å². The molecule has 2 aromatic carbocycles. The molecule has 1 heterocycles. The molecule has 0 spiro atoms. The minimum absolute atomic E-state index is 0.471. The fraction of sp³-hybridized carbons (Fsp3) is 0.200. The molecule has 0 bridgehead atoms. The number of fused-ring (bicyclic) bond motifs is 1. The molecule has 0 fully saturated rings. The zero-order valence-electron chi connectivity index (χ0n) is 11.7. The minimum atomic E-state index is -1.46. The van der Waals surface area contributed by atoms with Crippen LogP contribution in [-0.2, 0) is 6.42 Å². The molecule has 0 amide bonds. The fourth-order valence-electron chi connectivity index (χ4n) is 2.24. The first kappa shape index (κ1) is 13.8. The Morgan fingerprint density at radius 3 is 2.57 bits per heavy atom. The smallest absolute Gasteiger partial charge is 0.423 e. The van der Waals surface area contributed by atoms with Crippen LogP contribution in [0.3, 0.4) is 0 Å². The second kappa shape index (κ2) is 5.67. The van der Waals surface area contributed by atoms with Crippen molar-refractivity contribution in [3.63, 3.8) is 0 Å². The van der Waals surface area contributed by atoms with E-state index in [0.29, 0.717) is 17.2 Å². The fourth-order valence-corrected chi connectivity index (χ4v) is 2.24. The average molecular weight is 282 g/mol. The molecule has 0 radical (unpaired) electrons. The van der Waals surface area contributed by atoms with Crippen LogP contribution in [-0.4, -0.2) is 27.4 Å². The maximum absolute atomic E-state index is 9.19. The molecule has 3 rings (SSSR count). The Kier molecular flexibility index (Phi) is 3.73. The van der Waals surface area contributed by atoms with Gasteiger partial charge in [0.1, 0.15) is 0 Å². The first-order valence-electron chi connectivity index (χ1n) is 6.90. The molecule has 0 unspecified atom stereocenters. The van der Waals surface area contributed by atoms with E-state index in [-0.39, 0.29) is 0 Å². The summed E-state index contributed by atoms with van der Waals surface area (Å²) in [6.07, 6.45) is 1.74. The Morgan fingerprint density at radius 2 is 1.81 bits per heavy atom. The Hall–Kier alpha value is -2.18. The molecular formula is C15H15BN2O3. The van der Waals surface area contributed by atoms with Gasteiger partial charge in [0.05, 0.1) is 0 Å². The molecule has 106 valence electrons. The molecule has 5 nitrogen and oxygen atoms in total. The highest BCUT2D eigenvalue weighted by atomic mass is 16.4. The van der Waals surface area contributed by atoms with Crippen molar-refractivity contribution >= 4 is 23.4 Å². The van der Waals surface area contributed by atoms with Crippen LogP contribution in [0.25, 0.3) is 22.2 Å². The SMILES string of the molecule is CCCc1nnc(-c2ccc3cc(B(O)O)ccc3c2)o1. The van der Waals surface area contributed by atoms with E-state index >= 15 is 0 Å². The van der Waals surface area contributed by atoms with Crippen LogP contribution in [0.4, 0.5) is 0 Å². The number of aryl methyl sites for hydroxylation is 1. The highest BCUT2D eigenvalue weighted by molar-refractivity contribution is 6.58. The number of benzene rings is 2. The summed E-state index contributed by atoms with van der Waals surface area (Å²) in [6.45, 7) is 2.06. The molecule has 0 saturated carbocycles. The van der Waals surface area contributed by atoms with E-state index in [1.165, 1.54) is 0 Å². The number of nitrogens with zero attached hydrogens (tertiary/aromatic N) is 2. The summed E-state index contributed by atoms with van der Waals surface area (Å²) in [4.78, 5) is 0. The van der Waals surface area contributed by atoms with Crippen molar-refractivity contribution < 1.29 is 14.5 Å². The minimum Gasteiger partial charge on any atom is -0.423 e. The third kappa shape index (κ3) is 2.81. The molecule has 3 aromatic rings. The Morgan fingerprint density at radius 1 is 1.05 bits per heavy atom. The quantitative estimate of drug-likeness (QED) is 0.709. The first-order chi connectivity index (χ1) is 10.2. The van der Waals surface area contributed by atoms with Crippen molar-refractivity contribution in [2.24, 2.45) is 0 Å². The molecule has 0 aliphatic heterocycles. The second-order valence-corrected chi connectivity index (χ2v) is 4.95. The van der Waals surface area contributed by atoms with Gasteiger partial charge in [0.15, 0.2) is 0 Å². The van der Waals surface area contributed by atoms with Crippen molar-refractivity contribution in [2.45, 2.75) is 19.8 Å². The molecule has 1 aromatic heterocycles. The van der Waals surface area contributed by atoms with Crippen LogP contribution >= 0.6 is 0 Å². The topological polar surface area (TPSA) is 79.4 Å². The lowest BCUT2D eigenvalue weighted by atomic mass is 9.79. The normalized spacial score (nSPS) is 11.0. The van der Waals surface area contributed by atoms with E-state index in [0.717, 1.165) is 29.2 Å². The van der Waals surface area contributed by atoms with Crippen LogP contribution in [0.1, 0.15) is 19.2 Å². The summed E-state index contributed by atoms with van der Waals surface area (Å²) < 4.78 is 5.62. The summed E-state index contributed by atoms with van der Waals surface area (Å²) in [5.41, 5.74) is 1.33. The van der Waals surface area contributed by atoms with Crippen molar-refractivity contribution in [1.29, 1.82) is 0 Å². The van der Waals surface area contributed by atoms with Gasteiger partial charge in [0.25, 0.3) is 0 Å². The number of hydrogen-bond acceptors (Lipinski definition) is 5. The number of aromatic nitrogens is 2. The summed E-state index contributed by atoms with van der Waals surface area (Å²) in [5.74, 6) is 1.15. The molecule has 6 heteroatoms. The highest BCUT2D eigenvalue weighted by Crippen LogP contribution is 2.23. The largest absolute Gasteiger partial charge is 0.488 e. The third-order valence-electron chi connectivity index (χ3n) is 3.34. The lowest BCUT2D eigenvalue weighted by Gasteiger charge is -2.04. The van der Waals surface area contributed by atoms with Gasteiger partial charge in [0.2, 0.25) is 11.8 Å². The van der Waals surface area contributed by atoms with Crippen molar-refractivity contribution in [3.05, 3.63) is 42.3 Å². The van der Waals surface area contributed by atoms with Gasteiger partial charge in [-0.1, -0.05) is 31.2 Å². The van der Waals surface area contributed by atoms with Gasteiger partial charge in [-0.2, -0.15) is 0 Å². The van der Waals surface area contributed by atoms with E-state index in [9.17, 15) is 10.0 Å². The van der Waals surface area contributed by atoms with Crippen LogP contribution in [0.5, 0.6) is 0 Å². The summed E-state index contributed by atoms with van der Waals surface area (Å²) in [7, 11) is -1.46. The van der Waals surface area contributed by atoms with E-state index < -0.39 is 7.12 Å². The molecule has 2 N–H and O–H groups in total. The molecule has 0 aliphatic rings. The van der Waals surface area contributed by atoms with Gasteiger partial charge < -0.3 is 14.5 Å². The maximum atomic E-state index is 9.19. The van der Waals surface area contributed by atoms with Crippen molar-refractivity contribution in [2.75, 3.05) is 0 Å². The van der Waals surface area contributed by atoms with Gasteiger partial charge in [-0.25, -0.2) is 0 Å². The Bertz CT molecular complexity index is 770. The van der Waals surface area contributed by atoms with Crippen LogP contribution < -0.4 is 5.46 Å². The molecule has 0 saturated heterocycles. The summed E-state index contributed by atoms with van der Waals surface area (Å²) in [5, 5.41) is 28.4. The zero-order chi connectivity index (χ0) is 14.8. The number of hydrogen-bond donors (Lipinski definition) is 2. The monoisotopic (exact) mass is 282 g/mol. The number of rotatable bonds is 4. The van der Waals surface area contributed by atoms with Crippen LogP contribution in [0.2, 0.25) is 0 Å². The van der Waals surface area contributed by atoms with E-state index in [4.69, 9.17) is 4.42 Å². The predicted octanol–water partition coefficient (Wildman–Crippen LogP) is 1.52. The predicted molar refractivity (Wildman–Crippen MR) is 81.1 cm³/mol. The third-order valence-corrected chi connectivity index (χ3v) is 3.34. The van der Waals surface area contributed by atoms with Gasteiger partial charge in [0, 0.05) is 12.0 Å². The van der Waals surface area contributed by atoms with Gasteiger partial charge in [-0.05, 0) is 34.8 Å². The van der Waals surface area contributed by atoms with Crippen molar-refractivity contribution in [3.8, 4) is 11.5 Å². The Balaban J connectivity index is 1.98. The standard InChI is InChI=1S/C15H15BN2O3/c1-2-3-14-17-18-15(21-14)12-5-4-11-9-13(16(19)20)7-6-10(11)8-12/h4-9,19-20H,2-3H2,1H3. The van der Waals surface area contributed by atoms with E-state index in [1.807, 2.05) is 24.3 Å². The molecular weight excluding hydrogens is 267 g/mol. The molecule has 0 atom stereocenters. The Labute approximate surface area is 122 Å². The summed E-state index contributed by atoms with van der Waals surface area (Å²) >= 11 is 0. The lowest BCUT2D eigenvalue weighted by Crippen LogP contribution is -2.29. The first-order valence-corrected chi connectivity index (χ1v) is 6.90. The van der Waals surface area contributed by atoms with E-state index in [2.05, 4.69) is 17.1 Å². The molecule has 0 aliphatic carbocycles. The molecule has 21 heavy (non-hydrogen) atoms. The van der Waals surface area contributed by atoms with Gasteiger partial charge in [-0.15, -0.1) is 10.2 Å². The van der Waals surface area contributed by atoms with Gasteiger partial charge >= 0.3 is 7.12 Å². The average Bonchev–Trinajstić information content (AvgIpc) is 2.95. The summed E-state index contributed by atoms with van der Waals surface area (Å²) in [6, 6.07) is 11.0. The van der Waals surface area contributed by atoms with Crippen molar-refractivity contribution in [1.82, 2.24) is 10.2 Å². The highest BCUT2D eigenvalue weighted by Gasteiger charge is 2.12.